The van der Waals surface area contributed by atoms with Crippen molar-refractivity contribution in [3.05, 3.63) is 0 Å². The van der Waals surface area contributed by atoms with Crippen molar-refractivity contribution in [1.29, 1.82) is 0 Å². The highest BCUT2D eigenvalue weighted by molar-refractivity contribution is 4.94. The Labute approximate surface area is 113 Å². The van der Waals surface area contributed by atoms with E-state index in [2.05, 4.69) is 33.0 Å². The summed E-state index contributed by atoms with van der Waals surface area (Å²) in [6.45, 7) is 10.3. The lowest BCUT2D eigenvalue weighted by atomic mass is 9.63. The van der Waals surface area contributed by atoms with Gasteiger partial charge in [0.1, 0.15) is 0 Å². The average Bonchev–Trinajstić information content (AvgIpc) is 2.58. The third-order valence-electron chi connectivity index (χ3n) is 4.81. The van der Waals surface area contributed by atoms with Gasteiger partial charge in [-0.05, 0) is 42.9 Å². The molecule has 0 aromatic heterocycles. The largest absolute Gasteiger partial charge is 0.389 e. The molecule has 2 rings (SSSR count). The fraction of sp³-hybridized carbons (Fsp3) is 1.00. The van der Waals surface area contributed by atoms with Crippen LogP contribution in [-0.4, -0.2) is 23.3 Å². The molecular weight excluding hydrogens is 222 g/mol. The molecule has 18 heavy (non-hydrogen) atoms. The van der Waals surface area contributed by atoms with Crippen LogP contribution in [0.15, 0.2) is 0 Å². The van der Waals surface area contributed by atoms with Crippen LogP contribution in [0.5, 0.6) is 0 Å². The molecule has 0 spiro atoms. The van der Waals surface area contributed by atoms with Gasteiger partial charge < -0.3 is 10.4 Å². The summed E-state index contributed by atoms with van der Waals surface area (Å²) in [7, 11) is 0. The maximum absolute atomic E-state index is 10.4. The third kappa shape index (κ3) is 3.71. The summed E-state index contributed by atoms with van der Waals surface area (Å²) < 4.78 is 0. The van der Waals surface area contributed by atoms with Gasteiger partial charge in [-0.2, -0.15) is 0 Å². The zero-order valence-electron chi connectivity index (χ0n) is 12.7. The molecule has 0 radical (unpaired) electrons. The highest BCUT2D eigenvalue weighted by atomic mass is 16.3. The van der Waals surface area contributed by atoms with Crippen LogP contribution in [0.4, 0.5) is 0 Å². The number of aliphatic hydroxyl groups is 1. The molecule has 0 aromatic rings. The van der Waals surface area contributed by atoms with Crippen LogP contribution in [0.3, 0.4) is 0 Å². The molecule has 2 nitrogen and oxygen atoms in total. The van der Waals surface area contributed by atoms with Crippen LogP contribution in [0.1, 0.15) is 72.6 Å². The number of nitrogens with one attached hydrogen (secondary N) is 1. The fourth-order valence-corrected chi connectivity index (χ4v) is 4.53. The Morgan fingerprint density at radius 2 is 1.50 bits per heavy atom. The van der Waals surface area contributed by atoms with Gasteiger partial charge in [0.2, 0.25) is 0 Å². The lowest BCUT2D eigenvalue weighted by Gasteiger charge is -2.45. The molecule has 0 bridgehead atoms. The van der Waals surface area contributed by atoms with Gasteiger partial charge in [0.25, 0.3) is 0 Å². The Morgan fingerprint density at radius 3 is 2.00 bits per heavy atom. The molecule has 0 atom stereocenters. The van der Waals surface area contributed by atoms with E-state index in [0.29, 0.717) is 16.9 Å². The van der Waals surface area contributed by atoms with E-state index in [1.54, 1.807) is 0 Å². The van der Waals surface area contributed by atoms with Crippen molar-refractivity contribution in [2.24, 2.45) is 10.8 Å². The van der Waals surface area contributed by atoms with E-state index in [-0.39, 0.29) is 0 Å². The Morgan fingerprint density at radius 1 is 1.00 bits per heavy atom. The van der Waals surface area contributed by atoms with Crippen LogP contribution in [0.2, 0.25) is 0 Å². The van der Waals surface area contributed by atoms with E-state index < -0.39 is 5.60 Å². The first-order chi connectivity index (χ1) is 8.20. The molecule has 0 amide bonds. The molecule has 0 aliphatic heterocycles. The fourth-order valence-electron chi connectivity index (χ4n) is 4.53. The van der Waals surface area contributed by atoms with Gasteiger partial charge >= 0.3 is 0 Å². The number of rotatable bonds is 3. The SMILES string of the molecule is CC1(C)CC(NCC2(O)CCCC2)CC(C)(C)C1. The minimum absolute atomic E-state index is 0.411. The van der Waals surface area contributed by atoms with Gasteiger partial charge in [0.15, 0.2) is 0 Å². The van der Waals surface area contributed by atoms with E-state index in [1.165, 1.54) is 32.1 Å². The van der Waals surface area contributed by atoms with Crippen LogP contribution in [0, 0.1) is 10.8 Å². The molecule has 2 aliphatic carbocycles. The van der Waals surface area contributed by atoms with Crippen molar-refractivity contribution >= 4 is 0 Å². The molecule has 2 heteroatoms. The standard InChI is InChI=1S/C16H31NO/c1-14(2)9-13(10-15(3,4)11-14)17-12-16(18)7-5-6-8-16/h13,17-18H,5-12H2,1-4H3. The van der Waals surface area contributed by atoms with Gasteiger partial charge in [-0.25, -0.2) is 0 Å². The molecule has 0 heterocycles. The second kappa shape index (κ2) is 4.79. The van der Waals surface area contributed by atoms with E-state index >= 15 is 0 Å². The summed E-state index contributed by atoms with van der Waals surface area (Å²) in [5, 5.41) is 14.1. The first-order valence-corrected chi connectivity index (χ1v) is 7.66. The smallest absolute Gasteiger partial charge is 0.0771 e. The van der Waals surface area contributed by atoms with Gasteiger partial charge in [-0.1, -0.05) is 40.5 Å². The Hall–Kier alpha value is -0.0800. The van der Waals surface area contributed by atoms with E-state index in [9.17, 15) is 5.11 Å². The van der Waals surface area contributed by atoms with Gasteiger partial charge in [-0.15, -0.1) is 0 Å². The molecule has 2 saturated carbocycles. The van der Waals surface area contributed by atoms with E-state index in [1.807, 2.05) is 0 Å². The van der Waals surface area contributed by atoms with Crippen LogP contribution < -0.4 is 5.32 Å². The molecule has 2 N–H and O–H groups in total. The molecule has 0 unspecified atom stereocenters. The lowest BCUT2D eigenvalue weighted by molar-refractivity contribution is 0.0293. The van der Waals surface area contributed by atoms with Gasteiger partial charge in [0, 0.05) is 12.6 Å². The topological polar surface area (TPSA) is 32.3 Å². The van der Waals surface area contributed by atoms with Crippen molar-refractivity contribution in [3.8, 4) is 0 Å². The summed E-state index contributed by atoms with van der Waals surface area (Å²) in [6.07, 6.45) is 8.15. The normalized spacial score (nSPS) is 30.5. The highest BCUT2D eigenvalue weighted by Gasteiger charge is 2.39. The maximum Gasteiger partial charge on any atom is 0.0771 e. The van der Waals surface area contributed by atoms with Gasteiger partial charge in [0.05, 0.1) is 5.60 Å². The van der Waals surface area contributed by atoms with E-state index in [0.717, 1.165) is 19.4 Å². The van der Waals surface area contributed by atoms with Crippen LogP contribution in [0.25, 0.3) is 0 Å². The predicted octanol–water partition coefficient (Wildman–Crippen LogP) is 3.49. The van der Waals surface area contributed by atoms with Crippen molar-refractivity contribution in [2.75, 3.05) is 6.54 Å². The quantitative estimate of drug-likeness (QED) is 0.807. The lowest BCUT2D eigenvalue weighted by Crippen LogP contribution is -2.48. The van der Waals surface area contributed by atoms with Crippen molar-refractivity contribution < 1.29 is 5.11 Å². The highest BCUT2D eigenvalue weighted by Crippen LogP contribution is 2.45. The van der Waals surface area contributed by atoms with Crippen LogP contribution in [-0.2, 0) is 0 Å². The number of hydrogen-bond donors (Lipinski definition) is 2. The summed E-state index contributed by atoms with van der Waals surface area (Å²) in [5.41, 5.74) is 0.446. The molecular formula is C16H31NO. The zero-order valence-corrected chi connectivity index (χ0v) is 12.7. The second-order valence-electron chi connectivity index (χ2n) is 8.42. The summed E-state index contributed by atoms with van der Waals surface area (Å²) in [4.78, 5) is 0. The molecule has 0 aromatic carbocycles. The Bertz CT molecular complexity index is 273. The molecule has 106 valence electrons. The van der Waals surface area contributed by atoms with Crippen molar-refractivity contribution in [3.63, 3.8) is 0 Å². The maximum atomic E-state index is 10.4. The first kappa shape index (κ1) is 14.3. The second-order valence-corrected chi connectivity index (χ2v) is 8.42. The van der Waals surface area contributed by atoms with Crippen LogP contribution >= 0.6 is 0 Å². The van der Waals surface area contributed by atoms with Crippen molar-refractivity contribution in [1.82, 2.24) is 5.32 Å². The third-order valence-corrected chi connectivity index (χ3v) is 4.81. The molecule has 0 saturated heterocycles. The Balaban J connectivity index is 1.89. The summed E-state index contributed by atoms with van der Waals surface area (Å²) in [6, 6.07) is 0.577. The average molecular weight is 253 g/mol. The first-order valence-electron chi connectivity index (χ1n) is 7.66. The minimum atomic E-state index is -0.411. The number of hydrogen-bond acceptors (Lipinski definition) is 2. The monoisotopic (exact) mass is 253 g/mol. The van der Waals surface area contributed by atoms with Crippen molar-refractivity contribution in [2.45, 2.75) is 84.3 Å². The Kier molecular flexibility index (Phi) is 3.81. The van der Waals surface area contributed by atoms with E-state index in [4.69, 9.17) is 0 Å². The minimum Gasteiger partial charge on any atom is -0.389 e. The predicted molar refractivity (Wildman–Crippen MR) is 76.6 cm³/mol. The molecule has 2 aliphatic rings. The zero-order chi connectivity index (χ0) is 13.4. The van der Waals surface area contributed by atoms with Gasteiger partial charge in [-0.3, -0.25) is 0 Å². The summed E-state index contributed by atoms with van der Waals surface area (Å²) >= 11 is 0. The summed E-state index contributed by atoms with van der Waals surface area (Å²) in [5.74, 6) is 0. The molecule has 2 fully saturated rings.